The van der Waals surface area contributed by atoms with Crippen LogP contribution in [0, 0.1) is 0 Å². The highest BCUT2D eigenvalue weighted by molar-refractivity contribution is 6.35. The Morgan fingerprint density at radius 3 is 2.55 bits per heavy atom. The molecule has 22 heavy (non-hydrogen) atoms. The number of methoxy groups -OCH3 is 1. The molecule has 0 saturated heterocycles. The molecule has 0 saturated carbocycles. The van der Waals surface area contributed by atoms with E-state index in [1.807, 2.05) is 35.0 Å². The van der Waals surface area contributed by atoms with E-state index in [1.54, 1.807) is 13.3 Å². The molecule has 0 unspecified atom stereocenters. The molecule has 0 amide bonds. The van der Waals surface area contributed by atoms with Gasteiger partial charge in [-0.2, -0.15) is 5.10 Å². The summed E-state index contributed by atoms with van der Waals surface area (Å²) in [6, 6.07) is 9.78. The van der Waals surface area contributed by atoms with E-state index < -0.39 is 0 Å². The van der Waals surface area contributed by atoms with Crippen LogP contribution in [0.4, 0.5) is 0 Å². The first-order valence-electron chi connectivity index (χ1n) is 7.24. The standard InChI is InChI=1S/C17H18ClN3O/c1-11(2)16-15-14(18)8-9-19-17(15)21(20-16)10-12-4-6-13(22-3)7-5-12/h4-9,11H,10H2,1-3H3. The third-order valence-corrected chi connectivity index (χ3v) is 3.96. The topological polar surface area (TPSA) is 39.9 Å². The van der Waals surface area contributed by atoms with Crippen molar-refractivity contribution >= 4 is 22.6 Å². The maximum absolute atomic E-state index is 6.35. The summed E-state index contributed by atoms with van der Waals surface area (Å²) in [6.07, 6.45) is 1.72. The van der Waals surface area contributed by atoms with Gasteiger partial charge in [-0.1, -0.05) is 37.6 Å². The zero-order chi connectivity index (χ0) is 15.7. The first kappa shape index (κ1) is 14.9. The van der Waals surface area contributed by atoms with Crippen LogP contribution in [-0.2, 0) is 6.54 Å². The Morgan fingerprint density at radius 1 is 1.18 bits per heavy atom. The quantitative estimate of drug-likeness (QED) is 0.722. The average molecular weight is 316 g/mol. The molecule has 114 valence electrons. The van der Waals surface area contributed by atoms with Gasteiger partial charge in [-0.05, 0) is 29.7 Å². The van der Waals surface area contributed by atoms with Gasteiger partial charge in [-0.25, -0.2) is 9.67 Å². The first-order valence-corrected chi connectivity index (χ1v) is 7.61. The summed E-state index contributed by atoms with van der Waals surface area (Å²) < 4.78 is 7.10. The fourth-order valence-electron chi connectivity index (χ4n) is 2.51. The molecule has 0 fully saturated rings. The van der Waals surface area contributed by atoms with Crippen LogP contribution in [0.15, 0.2) is 36.5 Å². The van der Waals surface area contributed by atoms with E-state index >= 15 is 0 Å². The molecule has 4 nitrogen and oxygen atoms in total. The lowest BCUT2D eigenvalue weighted by Crippen LogP contribution is -2.03. The molecule has 0 radical (unpaired) electrons. The second kappa shape index (κ2) is 5.97. The lowest BCUT2D eigenvalue weighted by Gasteiger charge is -2.05. The molecule has 5 heteroatoms. The predicted molar refractivity (Wildman–Crippen MR) is 88.7 cm³/mol. The normalized spacial score (nSPS) is 11.3. The fraction of sp³-hybridized carbons (Fsp3) is 0.294. The summed E-state index contributed by atoms with van der Waals surface area (Å²) in [5.74, 6) is 1.14. The maximum atomic E-state index is 6.35. The lowest BCUT2D eigenvalue weighted by molar-refractivity contribution is 0.414. The van der Waals surface area contributed by atoms with Crippen molar-refractivity contribution in [1.29, 1.82) is 0 Å². The molecule has 2 aromatic heterocycles. The number of fused-ring (bicyclic) bond motifs is 1. The summed E-state index contributed by atoms with van der Waals surface area (Å²) in [4.78, 5) is 4.47. The van der Waals surface area contributed by atoms with Crippen molar-refractivity contribution in [1.82, 2.24) is 14.8 Å². The van der Waals surface area contributed by atoms with Crippen LogP contribution >= 0.6 is 11.6 Å². The van der Waals surface area contributed by atoms with Crippen molar-refractivity contribution in [3.8, 4) is 5.75 Å². The number of hydrogen-bond donors (Lipinski definition) is 0. The maximum Gasteiger partial charge on any atom is 0.159 e. The van der Waals surface area contributed by atoms with Gasteiger partial charge >= 0.3 is 0 Å². The van der Waals surface area contributed by atoms with E-state index in [-0.39, 0.29) is 0 Å². The number of rotatable bonds is 4. The van der Waals surface area contributed by atoms with Crippen LogP contribution in [0.3, 0.4) is 0 Å². The number of aromatic nitrogens is 3. The molecule has 0 aliphatic rings. The third kappa shape index (κ3) is 2.66. The zero-order valence-corrected chi connectivity index (χ0v) is 13.6. The van der Waals surface area contributed by atoms with Gasteiger partial charge in [0, 0.05) is 6.20 Å². The van der Waals surface area contributed by atoms with E-state index in [4.69, 9.17) is 21.4 Å². The highest BCUT2D eigenvalue weighted by Crippen LogP contribution is 2.30. The Hall–Kier alpha value is -2.07. The van der Waals surface area contributed by atoms with Crippen molar-refractivity contribution in [2.75, 3.05) is 7.11 Å². The molecule has 0 atom stereocenters. The van der Waals surface area contributed by atoms with Gasteiger partial charge in [0.1, 0.15) is 5.75 Å². The Morgan fingerprint density at radius 2 is 1.91 bits per heavy atom. The van der Waals surface area contributed by atoms with E-state index in [2.05, 4.69) is 18.8 Å². The Kier molecular flexibility index (Phi) is 4.03. The van der Waals surface area contributed by atoms with Gasteiger partial charge in [0.15, 0.2) is 5.65 Å². The van der Waals surface area contributed by atoms with E-state index in [0.717, 1.165) is 28.0 Å². The molecule has 2 heterocycles. The Balaban J connectivity index is 2.05. The minimum atomic E-state index is 0.293. The fourth-order valence-corrected chi connectivity index (χ4v) is 2.74. The average Bonchev–Trinajstić information content (AvgIpc) is 2.89. The first-order chi connectivity index (χ1) is 10.6. The van der Waals surface area contributed by atoms with Crippen LogP contribution in [0.1, 0.15) is 31.0 Å². The molecule has 0 aliphatic heterocycles. The van der Waals surface area contributed by atoms with Crippen LogP contribution in [0.2, 0.25) is 5.02 Å². The monoisotopic (exact) mass is 315 g/mol. The molecule has 0 bridgehead atoms. The van der Waals surface area contributed by atoms with Gasteiger partial charge in [-0.3, -0.25) is 0 Å². The van der Waals surface area contributed by atoms with E-state index in [1.165, 1.54) is 0 Å². The number of benzene rings is 1. The van der Waals surface area contributed by atoms with Crippen LogP contribution < -0.4 is 4.74 Å². The second-order valence-electron chi connectivity index (χ2n) is 5.54. The molecule has 0 spiro atoms. The molecule has 0 aliphatic carbocycles. The molecule has 3 aromatic rings. The molecular weight excluding hydrogens is 298 g/mol. The summed E-state index contributed by atoms with van der Waals surface area (Å²) in [6.45, 7) is 4.88. The third-order valence-electron chi connectivity index (χ3n) is 3.65. The van der Waals surface area contributed by atoms with Gasteiger partial charge in [0.25, 0.3) is 0 Å². The van der Waals surface area contributed by atoms with Crippen molar-refractivity contribution in [2.24, 2.45) is 0 Å². The van der Waals surface area contributed by atoms with Gasteiger partial charge in [0.2, 0.25) is 0 Å². The molecule has 0 N–H and O–H groups in total. The summed E-state index contributed by atoms with van der Waals surface area (Å²) >= 11 is 6.35. The SMILES string of the molecule is COc1ccc(Cn2nc(C(C)C)c3c(Cl)ccnc32)cc1. The zero-order valence-electron chi connectivity index (χ0n) is 12.9. The van der Waals surface area contributed by atoms with Crippen LogP contribution in [0.5, 0.6) is 5.75 Å². The highest BCUT2D eigenvalue weighted by Gasteiger charge is 2.17. The molecule has 3 rings (SSSR count). The summed E-state index contributed by atoms with van der Waals surface area (Å²) in [5.41, 5.74) is 2.95. The Bertz CT molecular complexity index is 794. The molecular formula is C17H18ClN3O. The number of ether oxygens (including phenoxy) is 1. The van der Waals surface area contributed by atoms with Crippen LogP contribution in [0.25, 0.3) is 11.0 Å². The predicted octanol–water partition coefficient (Wildman–Crippen LogP) is 4.27. The summed E-state index contributed by atoms with van der Waals surface area (Å²) in [7, 11) is 1.66. The van der Waals surface area contributed by atoms with Gasteiger partial charge in [0.05, 0.1) is 29.8 Å². The second-order valence-corrected chi connectivity index (χ2v) is 5.94. The largest absolute Gasteiger partial charge is 0.497 e. The van der Waals surface area contributed by atoms with Crippen molar-refractivity contribution in [3.63, 3.8) is 0 Å². The number of hydrogen-bond acceptors (Lipinski definition) is 3. The number of halogens is 1. The van der Waals surface area contributed by atoms with Gasteiger partial charge in [-0.15, -0.1) is 0 Å². The lowest BCUT2D eigenvalue weighted by atomic mass is 10.1. The van der Waals surface area contributed by atoms with Crippen LogP contribution in [-0.4, -0.2) is 21.9 Å². The minimum Gasteiger partial charge on any atom is -0.497 e. The Labute approximate surface area is 134 Å². The summed E-state index contributed by atoms with van der Waals surface area (Å²) in [5, 5.41) is 6.38. The van der Waals surface area contributed by atoms with Crippen molar-refractivity contribution < 1.29 is 4.74 Å². The van der Waals surface area contributed by atoms with E-state index in [9.17, 15) is 0 Å². The van der Waals surface area contributed by atoms with Gasteiger partial charge < -0.3 is 4.74 Å². The number of nitrogens with zero attached hydrogens (tertiary/aromatic N) is 3. The van der Waals surface area contributed by atoms with E-state index in [0.29, 0.717) is 17.5 Å². The number of pyridine rings is 1. The molecule has 1 aromatic carbocycles. The van der Waals surface area contributed by atoms with Crippen molar-refractivity contribution in [2.45, 2.75) is 26.3 Å². The van der Waals surface area contributed by atoms with Crippen molar-refractivity contribution in [3.05, 3.63) is 52.8 Å². The smallest absolute Gasteiger partial charge is 0.159 e. The highest BCUT2D eigenvalue weighted by atomic mass is 35.5. The minimum absolute atomic E-state index is 0.293.